The number of carbonyl (C=O) groups excluding carboxylic acids is 1. The van der Waals surface area contributed by atoms with Crippen molar-refractivity contribution in [3.63, 3.8) is 0 Å². The summed E-state index contributed by atoms with van der Waals surface area (Å²) in [4.78, 5) is 13.2. The Labute approximate surface area is 95.2 Å². The maximum absolute atomic E-state index is 11.0. The molecule has 1 unspecified atom stereocenters. The van der Waals surface area contributed by atoms with Gasteiger partial charge in [-0.25, -0.2) is 4.79 Å². The highest BCUT2D eigenvalue weighted by molar-refractivity contribution is 6.18. The first-order valence-electron chi connectivity index (χ1n) is 5.04. The Bertz CT molecular complexity index is 233. The van der Waals surface area contributed by atoms with E-state index in [1.54, 1.807) is 0 Å². The summed E-state index contributed by atoms with van der Waals surface area (Å²) in [5, 5.41) is 2.80. The highest BCUT2D eigenvalue weighted by Gasteiger charge is 2.22. The number of nitrogens with zero attached hydrogens (tertiary/aromatic N) is 1. The molecule has 0 aromatic heterocycles. The third kappa shape index (κ3) is 4.53. The molecule has 15 heavy (non-hydrogen) atoms. The summed E-state index contributed by atoms with van der Waals surface area (Å²) < 4.78 is 4.55. The maximum Gasteiger partial charge on any atom is 0.407 e. The number of methoxy groups -OCH3 is 1. The van der Waals surface area contributed by atoms with E-state index in [4.69, 9.17) is 11.6 Å². The van der Waals surface area contributed by atoms with Crippen LogP contribution in [0.5, 0.6) is 0 Å². The van der Waals surface area contributed by atoms with E-state index in [0.717, 1.165) is 26.1 Å². The number of likely N-dealkylation sites (tertiary alicyclic amines) is 1. The van der Waals surface area contributed by atoms with E-state index in [0.29, 0.717) is 5.88 Å². The molecule has 86 valence electrons. The molecule has 1 fully saturated rings. The summed E-state index contributed by atoms with van der Waals surface area (Å²) in [5.41, 5.74) is 0. The molecule has 0 aromatic carbocycles. The van der Waals surface area contributed by atoms with E-state index in [1.807, 2.05) is 12.2 Å². The number of hydrogen-bond acceptors (Lipinski definition) is 3. The number of nitrogens with one attached hydrogen (secondary N) is 1. The third-order valence-corrected chi connectivity index (χ3v) is 2.58. The highest BCUT2D eigenvalue weighted by atomic mass is 35.5. The molecular formula is C10H17ClN2O2. The highest BCUT2D eigenvalue weighted by Crippen LogP contribution is 2.08. The monoisotopic (exact) mass is 232 g/mol. The number of alkyl carbamates (subject to hydrolysis) is 1. The van der Waals surface area contributed by atoms with E-state index < -0.39 is 0 Å². The Morgan fingerprint density at radius 2 is 2.47 bits per heavy atom. The van der Waals surface area contributed by atoms with E-state index >= 15 is 0 Å². The molecule has 1 aliphatic rings. The van der Waals surface area contributed by atoms with Crippen LogP contribution < -0.4 is 5.32 Å². The quantitative estimate of drug-likeness (QED) is 0.585. The molecule has 1 amide bonds. The predicted molar refractivity (Wildman–Crippen MR) is 60.2 cm³/mol. The van der Waals surface area contributed by atoms with Crippen molar-refractivity contribution in [3.8, 4) is 0 Å². The van der Waals surface area contributed by atoms with E-state index in [1.165, 1.54) is 7.11 Å². The van der Waals surface area contributed by atoms with Gasteiger partial charge in [0.25, 0.3) is 0 Å². The van der Waals surface area contributed by atoms with Crippen LogP contribution in [0.1, 0.15) is 6.42 Å². The first kappa shape index (κ1) is 12.3. The number of amides is 1. The average molecular weight is 233 g/mol. The van der Waals surface area contributed by atoms with Crippen LogP contribution in [0.4, 0.5) is 4.79 Å². The Morgan fingerprint density at radius 1 is 1.67 bits per heavy atom. The second kappa shape index (κ2) is 6.69. The minimum Gasteiger partial charge on any atom is -0.453 e. The number of halogens is 1. The topological polar surface area (TPSA) is 41.6 Å². The van der Waals surface area contributed by atoms with Gasteiger partial charge in [0.1, 0.15) is 0 Å². The Hall–Kier alpha value is -0.740. The molecule has 0 spiro atoms. The lowest BCUT2D eigenvalue weighted by molar-refractivity contribution is 0.166. The number of allylic oxidation sites excluding steroid dienone is 1. The molecule has 1 saturated heterocycles. The number of ether oxygens (including phenoxy) is 1. The number of rotatable bonds is 4. The van der Waals surface area contributed by atoms with Crippen LogP contribution in [0.2, 0.25) is 0 Å². The van der Waals surface area contributed by atoms with Crippen molar-refractivity contribution in [3.05, 3.63) is 12.2 Å². The minimum atomic E-state index is -0.349. The predicted octanol–water partition coefficient (Wildman–Crippen LogP) is 1.21. The second-order valence-corrected chi connectivity index (χ2v) is 3.82. The molecule has 0 aliphatic carbocycles. The van der Waals surface area contributed by atoms with Crippen LogP contribution in [-0.4, -0.2) is 49.7 Å². The van der Waals surface area contributed by atoms with Crippen LogP contribution in [-0.2, 0) is 4.74 Å². The van der Waals surface area contributed by atoms with Crippen molar-refractivity contribution >= 4 is 17.7 Å². The first-order chi connectivity index (χ1) is 7.26. The van der Waals surface area contributed by atoms with Crippen LogP contribution in [0.3, 0.4) is 0 Å². The molecular weight excluding hydrogens is 216 g/mol. The fraction of sp³-hybridized carbons (Fsp3) is 0.700. The van der Waals surface area contributed by atoms with Gasteiger partial charge in [0.2, 0.25) is 0 Å². The normalized spacial score (nSPS) is 22.1. The molecule has 0 radical (unpaired) electrons. The molecule has 0 aromatic rings. The lowest BCUT2D eigenvalue weighted by Gasteiger charge is -2.14. The van der Waals surface area contributed by atoms with Crippen molar-refractivity contribution in [2.75, 3.05) is 32.6 Å². The molecule has 1 atom stereocenters. The van der Waals surface area contributed by atoms with Crippen molar-refractivity contribution in [2.45, 2.75) is 12.5 Å². The van der Waals surface area contributed by atoms with Crippen LogP contribution in [0.25, 0.3) is 0 Å². The number of carbonyl (C=O) groups is 1. The van der Waals surface area contributed by atoms with Gasteiger partial charge < -0.3 is 10.1 Å². The maximum atomic E-state index is 11.0. The number of alkyl halides is 1. The largest absolute Gasteiger partial charge is 0.453 e. The van der Waals surface area contributed by atoms with Crippen LogP contribution >= 0.6 is 11.6 Å². The molecule has 0 bridgehead atoms. The van der Waals surface area contributed by atoms with E-state index in [2.05, 4.69) is 15.0 Å². The second-order valence-electron chi connectivity index (χ2n) is 3.51. The van der Waals surface area contributed by atoms with Crippen LogP contribution in [0.15, 0.2) is 12.2 Å². The van der Waals surface area contributed by atoms with E-state index in [9.17, 15) is 4.79 Å². The molecule has 1 N–H and O–H groups in total. The van der Waals surface area contributed by atoms with Crippen molar-refractivity contribution in [1.82, 2.24) is 10.2 Å². The molecule has 4 nitrogen and oxygen atoms in total. The zero-order chi connectivity index (χ0) is 11.1. The Kier molecular flexibility index (Phi) is 5.50. The lowest BCUT2D eigenvalue weighted by atomic mass is 10.3. The first-order valence-corrected chi connectivity index (χ1v) is 5.57. The summed E-state index contributed by atoms with van der Waals surface area (Å²) in [6.07, 6.45) is 4.61. The molecule has 5 heteroatoms. The summed E-state index contributed by atoms with van der Waals surface area (Å²) >= 11 is 5.52. The number of hydrogen-bond donors (Lipinski definition) is 1. The minimum absolute atomic E-state index is 0.210. The zero-order valence-electron chi connectivity index (χ0n) is 8.91. The average Bonchev–Trinajstić information content (AvgIpc) is 2.66. The van der Waals surface area contributed by atoms with E-state index in [-0.39, 0.29) is 12.1 Å². The fourth-order valence-corrected chi connectivity index (χ4v) is 1.75. The smallest absolute Gasteiger partial charge is 0.407 e. The summed E-state index contributed by atoms with van der Waals surface area (Å²) in [7, 11) is 1.38. The van der Waals surface area contributed by atoms with Crippen molar-refractivity contribution < 1.29 is 9.53 Å². The molecule has 0 saturated carbocycles. The lowest BCUT2D eigenvalue weighted by Crippen LogP contribution is -2.36. The van der Waals surface area contributed by atoms with Gasteiger partial charge in [-0.15, -0.1) is 11.6 Å². The zero-order valence-corrected chi connectivity index (χ0v) is 9.67. The van der Waals surface area contributed by atoms with Gasteiger partial charge in [0.15, 0.2) is 0 Å². The summed E-state index contributed by atoms with van der Waals surface area (Å²) in [5.74, 6) is 0.553. The van der Waals surface area contributed by atoms with Gasteiger partial charge in [-0.3, -0.25) is 4.90 Å². The van der Waals surface area contributed by atoms with Gasteiger partial charge in [0, 0.05) is 31.6 Å². The van der Waals surface area contributed by atoms with Gasteiger partial charge in [-0.1, -0.05) is 12.2 Å². The molecule has 1 rings (SSSR count). The Balaban J connectivity index is 2.20. The SMILES string of the molecule is COC(=O)NC1CCN(C/C=C/CCl)C1. The molecule has 1 aliphatic heterocycles. The van der Waals surface area contributed by atoms with Crippen LogP contribution in [0, 0.1) is 0 Å². The van der Waals surface area contributed by atoms with Gasteiger partial charge in [0.05, 0.1) is 7.11 Å². The van der Waals surface area contributed by atoms with Crippen molar-refractivity contribution in [2.24, 2.45) is 0 Å². The molecule has 1 heterocycles. The summed E-state index contributed by atoms with van der Waals surface area (Å²) in [6, 6.07) is 0.210. The van der Waals surface area contributed by atoms with Gasteiger partial charge in [-0.2, -0.15) is 0 Å². The van der Waals surface area contributed by atoms with Crippen molar-refractivity contribution in [1.29, 1.82) is 0 Å². The Morgan fingerprint density at radius 3 is 3.13 bits per heavy atom. The van der Waals surface area contributed by atoms with Gasteiger partial charge >= 0.3 is 6.09 Å². The van der Waals surface area contributed by atoms with Gasteiger partial charge in [-0.05, 0) is 6.42 Å². The third-order valence-electron chi connectivity index (χ3n) is 2.40. The summed E-state index contributed by atoms with van der Waals surface area (Å²) in [6.45, 7) is 2.77. The fourth-order valence-electron chi connectivity index (χ4n) is 1.63. The standard InChI is InChI=1S/C10H17ClN2O2/c1-15-10(14)12-9-4-7-13(8-9)6-3-2-5-11/h2-3,9H,4-8H2,1H3,(H,12,14)/b3-2+.